The highest BCUT2D eigenvalue weighted by atomic mass is 15.3. The highest BCUT2D eigenvalue weighted by molar-refractivity contribution is 4.65. The van der Waals surface area contributed by atoms with Crippen molar-refractivity contribution in [2.45, 2.75) is 117 Å². The molecule has 0 aromatic carbocycles. The molecule has 0 aromatic rings. The molecule has 0 atom stereocenters. The molecule has 0 saturated carbocycles. The zero-order chi connectivity index (χ0) is 18.6. The maximum atomic E-state index is 4.00. The fourth-order valence-corrected chi connectivity index (χ4v) is 3.86. The molecule has 0 rings (SSSR count). The zero-order valence-electron chi connectivity index (χ0n) is 18.2. The molecule has 25 heavy (non-hydrogen) atoms. The summed E-state index contributed by atoms with van der Waals surface area (Å²) >= 11 is 0. The highest BCUT2D eigenvalue weighted by Crippen LogP contribution is 2.14. The van der Waals surface area contributed by atoms with E-state index < -0.39 is 0 Å². The Kier molecular flexibility index (Phi) is 18.3. The summed E-state index contributed by atoms with van der Waals surface area (Å²) in [4.78, 5) is 0. The van der Waals surface area contributed by atoms with Crippen molar-refractivity contribution >= 4 is 0 Å². The monoisotopic (exact) mass is 352 g/mol. The lowest BCUT2D eigenvalue weighted by atomic mass is 10.1. The predicted molar refractivity (Wildman–Crippen MR) is 116 cm³/mol. The lowest BCUT2D eigenvalue weighted by Gasteiger charge is -2.34. The van der Waals surface area contributed by atoms with Crippen molar-refractivity contribution in [1.82, 2.24) is 0 Å². The van der Waals surface area contributed by atoms with E-state index in [1.807, 2.05) is 0 Å². The second-order valence-electron chi connectivity index (χ2n) is 8.49. The van der Waals surface area contributed by atoms with E-state index in [0.717, 1.165) is 6.54 Å². The molecule has 0 aliphatic rings. The minimum absolute atomic E-state index is 1.15. The number of rotatable bonds is 20. The molecular weight excluding hydrogens is 302 g/mol. The Balaban J connectivity index is 3.68. The van der Waals surface area contributed by atoms with E-state index in [0.29, 0.717) is 0 Å². The van der Waals surface area contributed by atoms with Gasteiger partial charge in [0.05, 0.1) is 26.7 Å². The Bertz CT molecular complexity index is 251. The molecule has 0 spiro atoms. The molecule has 0 heterocycles. The van der Waals surface area contributed by atoms with Crippen LogP contribution in [0.2, 0.25) is 0 Å². The largest absolute Gasteiger partial charge is 0.323 e. The van der Waals surface area contributed by atoms with Crippen LogP contribution in [0.25, 0.3) is 0 Å². The van der Waals surface area contributed by atoms with E-state index in [1.54, 1.807) is 0 Å². The fraction of sp³-hybridized carbons (Fsp3) is 0.917. The molecule has 0 aliphatic carbocycles. The first kappa shape index (κ1) is 24.7. The zero-order valence-corrected chi connectivity index (χ0v) is 18.2. The van der Waals surface area contributed by atoms with E-state index >= 15 is 0 Å². The van der Waals surface area contributed by atoms with Gasteiger partial charge in [-0.15, -0.1) is 0 Å². The summed E-state index contributed by atoms with van der Waals surface area (Å²) in [5, 5.41) is 0. The quantitative estimate of drug-likeness (QED) is 0.119. The number of quaternary nitrogens is 1. The molecule has 0 amide bonds. The van der Waals surface area contributed by atoms with Gasteiger partial charge in [-0.2, -0.15) is 0 Å². The van der Waals surface area contributed by atoms with E-state index in [9.17, 15) is 0 Å². The van der Waals surface area contributed by atoms with Crippen molar-refractivity contribution in [3.8, 4) is 0 Å². The number of hydrogen-bond acceptors (Lipinski definition) is 0. The molecule has 1 heteroatoms. The summed E-state index contributed by atoms with van der Waals surface area (Å²) in [7, 11) is 2.45. The number of nitrogens with zero attached hydrogens (tertiary/aromatic N) is 1. The Morgan fingerprint density at radius 1 is 0.560 bits per heavy atom. The summed E-state index contributed by atoms with van der Waals surface area (Å²) < 4.78 is 1.22. The van der Waals surface area contributed by atoms with Gasteiger partial charge in [0.1, 0.15) is 0 Å². The highest BCUT2D eigenvalue weighted by Gasteiger charge is 2.18. The summed E-state index contributed by atoms with van der Waals surface area (Å²) in [5.74, 6) is 0. The fourth-order valence-electron chi connectivity index (χ4n) is 3.86. The van der Waals surface area contributed by atoms with Crippen LogP contribution in [-0.2, 0) is 0 Å². The van der Waals surface area contributed by atoms with Crippen LogP contribution in [0, 0.1) is 0 Å². The summed E-state index contributed by atoms with van der Waals surface area (Å²) in [6.07, 6.45) is 24.9. The van der Waals surface area contributed by atoms with Crippen molar-refractivity contribution in [1.29, 1.82) is 0 Å². The van der Waals surface area contributed by atoms with Gasteiger partial charge < -0.3 is 4.48 Å². The first-order valence-corrected chi connectivity index (χ1v) is 11.6. The Morgan fingerprint density at radius 3 is 1.20 bits per heavy atom. The molecule has 0 unspecified atom stereocenters. The summed E-state index contributed by atoms with van der Waals surface area (Å²) in [6.45, 7) is 12.4. The third-order valence-electron chi connectivity index (χ3n) is 5.67. The minimum Gasteiger partial charge on any atom is -0.323 e. The third kappa shape index (κ3) is 16.9. The minimum atomic E-state index is 1.15. The number of hydrogen-bond donors (Lipinski definition) is 0. The second-order valence-corrected chi connectivity index (χ2v) is 8.49. The third-order valence-corrected chi connectivity index (χ3v) is 5.67. The maximum absolute atomic E-state index is 4.00. The van der Waals surface area contributed by atoms with Crippen LogP contribution in [0.1, 0.15) is 117 Å². The van der Waals surface area contributed by atoms with Crippen molar-refractivity contribution in [2.75, 3.05) is 26.7 Å². The number of unbranched alkanes of at least 4 members (excludes halogenated alkanes) is 14. The molecule has 0 aromatic heterocycles. The van der Waals surface area contributed by atoms with E-state index in [-0.39, 0.29) is 0 Å². The maximum Gasteiger partial charge on any atom is 0.0969 e. The Morgan fingerprint density at radius 2 is 0.880 bits per heavy atom. The van der Waals surface area contributed by atoms with Gasteiger partial charge in [-0.1, -0.05) is 97.5 Å². The molecule has 1 nitrogen and oxygen atoms in total. The Hall–Kier alpha value is -0.300. The van der Waals surface area contributed by atoms with Crippen molar-refractivity contribution in [3.63, 3.8) is 0 Å². The number of likely N-dealkylation sites (N-methyl/N-ethyl adjacent to an activating group) is 1. The standard InChI is InChI=1S/C24H50N/c1-5-8-10-12-14-16-18-20-23-25(4,22-7-3)24-21-19-17-15-13-11-9-6-2/h7H,3,5-6,8-24H2,1-2,4H3/q+1. The van der Waals surface area contributed by atoms with Gasteiger partial charge >= 0.3 is 0 Å². The van der Waals surface area contributed by atoms with Crippen LogP contribution in [0.5, 0.6) is 0 Å². The molecule has 150 valence electrons. The molecule has 0 N–H and O–H groups in total. The second kappa shape index (κ2) is 18.5. The molecule has 0 fully saturated rings. The SMILES string of the molecule is C=CC[N+](C)(CCCCCCCCCC)CCCCCCCCCC. The summed E-state index contributed by atoms with van der Waals surface area (Å²) in [6, 6.07) is 0. The smallest absolute Gasteiger partial charge is 0.0969 e. The van der Waals surface area contributed by atoms with Crippen molar-refractivity contribution < 1.29 is 4.48 Å². The van der Waals surface area contributed by atoms with Gasteiger partial charge in [-0.25, -0.2) is 0 Å². The van der Waals surface area contributed by atoms with E-state index in [4.69, 9.17) is 0 Å². The van der Waals surface area contributed by atoms with E-state index in [2.05, 4.69) is 33.6 Å². The Labute approximate surface area is 160 Å². The van der Waals surface area contributed by atoms with Gasteiger partial charge in [0, 0.05) is 0 Å². The van der Waals surface area contributed by atoms with Gasteiger partial charge in [0.25, 0.3) is 0 Å². The first-order chi connectivity index (χ1) is 12.2. The summed E-state index contributed by atoms with van der Waals surface area (Å²) in [5.41, 5.74) is 0. The van der Waals surface area contributed by atoms with Crippen molar-refractivity contribution in [3.05, 3.63) is 12.7 Å². The van der Waals surface area contributed by atoms with Crippen LogP contribution in [0.15, 0.2) is 12.7 Å². The van der Waals surface area contributed by atoms with Gasteiger partial charge in [0.15, 0.2) is 0 Å². The molecule has 0 saturated heterocycles. The van der Waals surface area contributed by atoms with Crippen LogP contribution >= 0.6 is 0 Å². The molecular formula is C24H50N+. The van der Waals surface area contributed by atoms with Crippen LogP contribution in [-0.4, -0.2) is 31.2 Å². The molecule has 0 bridgehead atoms. The normalized spacial score (nSPS) is 11.8. The van der Waals surface area contributed by atoms with E-state index in [1.165, 1.54) is 120 Å². The van der Waals surface area contributed by atoms with Gasteiger partial charge in [-0.05, 0) is 31.8 Å². The first-order valence-electron chi connectivity index (χ1n) is 11.6. The average molecular weight is 353 g/mol. The van der Waals surface area contributed by atoms with Crippen molar-refractivity contribution in [2.24, 2.45) is 0 Å². The van der Waals surface area contributed by atoms with Crippen LogP contribution < -0.4 is 0 Å². The van der Waals surface area contributed by atoms with Gasteiger partial charge in [-0.3, -0.25) is 0 Å². The lowest BCUT2D eigenvalue weighted by molar-refractivity contribution is -0.904. The van der Waals surface area contributed by atoms with Crippen LogP contribution in [0.3, 0.4) is 0 Å². The topological polar surface area (TPSA) is 0 Å². The lowest BCUT2D eigenvalue weighted by Crippen LogP contribution is -2.45. The predicted octanol–water partition coefficient (Wildman–Crippen LogP) is 7.90. The average Bonchev–Trinajstić information content (AvgIpc) is 2.60. The van der Waals surface area contributed by atoms with Crippen LogP contribution in [0.4, 0.5) is 0 Å². The molecule has 0 aliphatic heterocycles. The van der Waals surface area contributed by atoms with Gasteiger partial charge in [0.2, 0.25) is 0 Å². The molecule has 0 radical (unpaired) electrons.